The molecule has 1 fully saturated rings. The lowest BCUT2D eigenvalue weighted by atomic mass is 9.95. The van der Waals surface area contributed by atoms with Gasteiger partial charge in [0.2, 0.25) is 0 Å². The van der Waals surface area contributed by atoms with E-state index in [0.29, 0.717) is 12.6 Å². The first-order chi connectivity index (χ1) is 9.88. The van der Waals surface area contributed by atoms with Gasteiger partial charge in [0, 0.05) is 24.7 Å². The summed E-state index contributed by atoms with van der Waals surface area (Å²) in [6, 6.07) is 4.89. The zero-order valence-corrected chi connectivity index (χ0v) is 14.1. The van der Waals surface area contributed by atoms with Gasteiger partial charge in [0.1, 0.15) is 0 Å². The number of Topliss-reactive ketones (excluding diaryl/α,β-unsaturated/α-hetero) is 1. The third-order valence-corrected chi connectivity index (χ3v) is 4.61. The lowest BCUT2D eigenvalue weighted by Crippen LogP contribution is -2.43. The number of carbonyl (C=O) groups is 1. The zero-order chi connectivity index (χ0) is 15.6. The largest absolute Gasteiger partial charge is 0.306 e. The molecule has 0 aliphatic carbocycles. The topological polar surface area (TPSA) is 23.6 Å². The van der Waals surface area contributed by atoms with E-state index in [2.05, 4.69) is 43.0 Å². The minimum atomic E-state index is 0.272. The Hall–Kier alpha value is -1.19. The quantitative estimate of drug-likeness (QED) is 0.796. The van der Waals surface area contributed by atoms with Gasteiger partial charge in [-0.15, -0.1) is 0 Å². The summed E-state index contributed by atoms with van der Waals surface area (Å²) in [6.07, 6.45) is 2.32. The van der Waals surface area contributed by atoms with E-state index in [1.807, 2.05) is 13.8 Å². The molecule has 0 atom stereocenters. The first-order valence-corrected chi connectivity index (χ1v) is 7.88. The van der Waals surface area contributed by atoms with Crippen LogP contribution in [0.4, 0.5) is 0 Å². The van der Waals surface area contributed by atoms with E-state index in [4.69, 9.17) is 0 Å². The normalized spacial score (nSPS) is 17.4. The minimum absolute atomic E-state index is 0.272. The number of aryl methyl sites for hydroxylation is 3. The van der Waals surface area contributed by atoms with E-state index in [0.717, 1.165) is 42.6 Å². The summed E-state index contributed by atoms with van der Waals surface area (Å²) in [6.45, 7) is 8.79. The molecular formula is C18H28N2O. The Morgan fingerprint density at radius 2 is 1.67 bits per heavy atom. The zero-order valence-electron chi connectivity index (χ0n) is 14.1. The smallest absolute Gasteiger partial charge is 0.177 e. The van der Waals surface area contributed by atoms with Crippen LogP contribution in [0.2, 0.25) is 0 Å². The molecule has 0 radical (unpaired) electrons. The summed E-state index contributed by atoms with van der Waals surface area (Å²) in [7, 11) is 4.29. The maximum absolute atomic E-state index is 12.6. The molecule has 1 aromatic rings. The van der Waals surface area contributed by atoms with Crippen molar-refractivity contribution in [3.8, 4) is 0 Å². The molecule has 1 heterocycles. The highest BCUT2D eigenvalue weighted by molar-refractivity contribution is 6.00. The molecule has 1 aliphatic rings. The van der Waals surface area contributed by atoms with Gasteiger partial charge in [0.05, 0.1) is 6.54 Å². The molecule has 0 aromatic heterocycles. The van der Waals surface area contributed by atoms with Crippen LogP contribution in [-0.2, 0) is 0 Å². The molecule has 0 N–H and O–H groups in total. The number of hydrogen-bond acceptors (Lipinski definition) is 3. The Morgan fingerprint density at radius 1 is 1.14 bits per heavy atom. The van der Waals surface area contributed by atoms with Crippen molar-refractivity contribution in [1.29, 1.82) is 0 Å². The van der Waals surface area contributed by atoms with Crippen molar-refractivity contribution < 1.29 is 4.79 Å². The van der Waals surface area contributed by atoms with Gasteiger partial charge in [-0.25, -0.2) is 0 Å². The molecule has 21 heavy (non-hydrogen) atoms. The second kappa shape index (κ2) is 6.71. The average molecular weight is 288 g/mol. The van der Waals surface area contributed by atoms with Crippen LogP contribution in [0.3, 0.4) is 0 Å². The second-order valence-corrected chi connectivity index (χ2v) is 6.67. The molecule has 1 saturated heterocycles. The van der Waals surface area contributed by atoms with Gasteiger partial charge >= 0.3 is 0 Å². The molecule has 0 saturated carbocycles. The third-order valence-electron chi connectivity index (χ3n) is 4.61. The van der Waals surface area contributed by atoms with Gasteiger partial charge in [-0.3, -0.25) is 9.69 Å². The van der Waals surface area contributed by atoms with Crippen molar-refractivity contribution in [2.45, 2.75) is 39.7 Å². The van der Waals surface area contributed by atoms with Gasteiger partial charge in [-0.05, 0) is 58.8 Å². The highest BCUT2D eigenvalue weighted by atomic mass is 16.1. The number of likely N-dealkylation sites (tertiary alicyclic amines) is 1. The average Bonchev–Trinajstić information content (AvgIpc) is 2.37. The Balaban J connectivity index is 2.00. The summed E-state index contributed by atoms with van der Waals surface area (Å²) < 4.78 is 0. The first kappa shape index (κ1) is 16.2. The van der Waals surface area contributed by atoms with Crippen LogP contribution in [0.15, 0.2) is 12.1 Å². The van der Waals surface area contributed by atoms with E-state index in [1.54, 1.807) is 0 Å². The van der Waals surface area contributed by atoms with Gasteiger partial charge in [0.25, 0.3) is 0 Å². The van der Waals surface area contributed by atoms with E-state index in [1.165, 1.54) is 5.56 Å². The maximum atomic E-state index is 12.6. The van der Waals surface area contributed by atoms with E-state index in [-0.39, 0.29) is 5.78 Å². The molecule has 1 aliphatic heterocycles. The molecule has 2 rings (SSSR count). The van der Waals surface area contributed by atoms with Crippen LogP contribution in [0, 0.1) is 20.8 Å². The van der Waals surface area contributed by atoms with Crippen LogP contribution >= 0.6 is 0 Å². The molecule has 3 heteroatoms. The number of rotatable bonds is 4. The van der Waals surface area contributed by atoms with Gasteiger partial charge in [0.15, 0.2) is 5.78 Å². The Labute approximate surface area is 128 Å². The van der Waals surface area contributed by atoms with E-state index >= 15 is 0 Å². The monoisotopic (exact) mass is 288 g/mol. The van der Waals surface area contributed by atoms with Gasteiger partial charge < -0.3 is 4.90 Å². The molecule has 116 valence electrons. The number of ketones is 1. The first-order valence-electron chi connectivity index (χ1n) is 7.88. The number of nitrogens with zero attached hydrogens (tertiary/aromatic N) is 2. The van der Waals surface area contributed by atoms with Crippen molar-refractivity contribution >= 4 is 5.78 Å². The summed E-state index contributed by atoms with van der Waals surface area (Å²) in [5.41, 5.74) is 4.38. The van der Waals surface area contributed by atoms with Crippen molar-refractivity contribution in [1.82, 2.24) is 9.80 Å². The highest BCUT2D eigenvalue weighted by Gasteiger charge is 2.23. The fraction of sp³-hybridized carbons (Fsp3) is 0.611. The van der Waals surface area contributed by atoms with E-state index in [9.17, 15) is 4.79 Å². The number of carbonyl (C=O) groups excluding carboxylic acids is 1. The fourth-order valence-electron chi connectivity index (χ4n) is 3.50. The molecule has 0 spiro atoms. The summed E-state index contributed by atoms with van der Waals surface area (Å²) in [5.74, 6) is 0.272. The van der Waals surface area contributed by atoms with Crippen molar-refractivity contribution in [2.24, 2.45) is 0 Å². The Kier molecular flexibility index (Phi) is 5.17. The Morgan fingerprint density at radius 3 is 2.14 bits per heavy atom. The minimum Gasteiger partial charge on any atom is -0.306 e. The maximum Gasteiger partial charge on any atom is 0.177 e. The molecule has 0 unspecified atom stereocenters. The molecule has 3 nitrogen and oxygen atoms in total. The van der Waals surface area contributed by atoms with Crippen LogP contribution < -0.4 is 0 Å². The van der Waals surface area contributed by atoms with Crippen LogP contribution in [0.1, 0.15) is 39.9 Å². The molecule has 0 bridgehead atoms. The van der Waals surface area contributed by atoms with Crippen LogP contribution in [0.25, 0.3) is 0 Å². The molecular weight excluding hydrogens is 260 g/mol. The van der Waals surface area contributed by atoms with E-state index < -0.39 is 0 Å². The predicted molar refractivity (Wildman–Crippen MR) is 88.1 cm³/mol. The summed E-state index contributed by atoms with van der Waals surface area (Å²) in [5, 5.41) is 0. The SMILES string of the molecule is Cc1cc(C)c(C(=O)CN2CCC(N(C)C)CC2)c(C)c1. The van der Waals surface area contributed by atoms with Gasteiger partial charge in [-0.2, -0.15) is 0 Å². The summed E-state index contributed by atoms with van der Waals surface area (Å²) in [4.78, 5) is 17.2. The standard InChI is InChI=1S/C18H28N2O/c1-13-10-14(2)18(15(3)11-13)17(21)12-20-8-6-16(7-9-20)19(4)5/h10-11,16H,6-9,12H2,1-5H3. The lowest BCUT2D eigenvalue weighted by Gasteiger charge is -2.34. The third kappa shape index (κ3) is 3.92. The van der Waals surface area contributed by atoms with Crippen LogP contribution in [-0.4, -0.2) is 55.4 Å². The predicted octanol–water partition coefficient (Wildman–Crippen LogP) is 2.82. The Bertz CT molecular complexity index is 491. The highest BCUT2D eigenvalue weighted by Crippen LogP contribution is 2.19. The lowest BCUT2D eigenvalue weighted by molar-refractivity contribution is 0.0873. The van der Waals surface area contributed by atoms with Crippen molar-refractivity contribution in [2.75, 3.05) is 33.7 Å². The molecule has 1 aromatic carbocycles. The van der Waals surface area contributed by atoms with Crippen LogP contribution in [0.5, 0.6) is 0 Å². The summed E-state index contributed by atoms with van der Waals surface area (Å²) >= 11 is 0. The number of hydrogen-bond donors (Lipinski definition) is 0. The van der Waals surface area contributed by atoms with Gasteiger partial charge in [-0.1, -0.05) is 17.7 Å². The number of piperidine rings is 1. The molecule has 0 amide bonds. The second-order valence-electron chi connectivity index (χ2n) is 6.67. The van der Waals surface area contributed by atoms with Crippen molar-refractivity contribution in [3.05, 3.63) is 34.4 Å². The fourth-order valence-corrected chi connectivity index (χ4v) is 3.50. The number of benzene rings is 1. The van der Waals surface area contributed by atoms with Crippen molar-refractivity contribution in [3.63, 3.8) is 0 Å².